The standard InChI is InChI=1S/C17H22N8OS/c1-12-14(27-23-22-12)17(26)18-6-9-25-16-13(10-21-25)15(19-11-20-16)24-7-4-2-3-5-8-24/h10-11H,2-9H2,1H3,(H,18,26). The van der Waals surface area contributed by atoms with Crippen LogP contribution in [0.5, 0.6) is 0 Å². The molecule has 1 aliphatic heterocycles. The van der Waals surface area contributed by atoms with E-state index in [1.807, 2.05) is 10.9 Å². The fourth-order valence-electron chi connectivity index (χ4n) is 3.37. The van der Waals surface area contributed by atoms with Crippen molar-refractivity contribution in [2.45, 2.75) is 39.2 Å². The van der Waals surface area contributed by atoms with Gasteiger partial charge in [0.15, 0.2) is 5.65 Å². The van der Waals surface area contributed by atoms with Crippen molar-refractivity contribution in [2.75, 3.05) is 24.5 Å². The van der Waals surface area contributed by atoms with Crippen LogP contribution in [-0.4, -0.2) is 54.9 Å². The molecule has 142 valence electrons. The fourth-order valence-corrected chi connectivity index (χ4v) is 3.95. The number of hydrogen-bond acceptors (Lipinski definition) is 8. The molecule has 0 atom stereocenters. The molecule has 0 aliphatic carbocycles. The quantitative estimate of drug-likeness (QED) is 0.713. The zero-order valence-electron chi connectivity index (χ0n) is 15.3. The normalized spacial score (nSPS) is 15.1. The van der Waals surface area contributed by atoms with Crippen LogP contribution in [0.15, 0.2) is 12.5 Å². The number of anilines is 1. The average molecular weight is 386 g/mol. The molecule has 9 nitrogen and oxygen atoms in total. The molecule has 0 saturated carbocycles. The van der Waals surface area contributed by atoms with Gasteiger partial charge in [0.2, 0.25) is 0 Å². The van der Waals surface area contributed by atoms with E-state index in [0.29, 0.717) is 23.7 Å². The predicted octanol–water partition coefficient (Wildman–Crippen LogP) is 1.80. The summed E-state index contributed by atoms with van der Waals surface area (Å²) in [5, 5.41) is 12.2. The summed E-state index contributed by atoms with van der Waals surface area (Å²) in [6, 6.07) is 0. The summed E-state index contributed by atoms with van der Waals surface area (Å²) >= 11 is 1.11. The smallest absolute Gasteiger partial charge is 0.265 e. The third-order valence-corrected chi connectivity index (χ3v) is 5.61. The molecule has 0 spiro atoms. The molecule has 4 heterocycles. The van der Waals surface area contributed by atoms with E-state index in [0.717, 1.165) is 41.5 Å². The van der Waals surface area contributed by atoms with Gasteiger partial charge in [-0.25, -0.2) is 14.6 Å². The van der Waals surface area contributed by atoms with Gasteiger partial charge in [0.25, 0.3) is 5.91 Å². The topological polar surface area (TPSA) is 102 Å². The molecule has 0 bridgehead atoms. The molecular weight excluding hydrogens is 364 g/mol. The number of carbonyl (C=O) groups is 1. The number of amides is 1. The van der Waals surface area contributed by atoms with Crippen LogP contribution < -0.4 is 10.2 Å². The minimum Gasteiger partial charge on any atom is -0.356 e. The molecule has 1 saturated heterocycles. The van der Waals surface area contributed by atoms with Crippen molar-refractivity contribution in [3.05, 3.63) is 23.1 Å². The number of aromatic nitrogens is 6. The van der Waals surface area contributed by atoms with Crippen molar-refractivity contribution in [2.24, 2.45) is 0 Å². The summed E-state index contributed by atoms with van der Waals surface area (Å²) < 4.78 is 5.61. The molecule has 0 unspecified atom stereocenters. The Morgan fingerprint density at radius 3 is 2.78 bits per heavy atom. The Kier molecular flexibility index (Phi) is 5.23. The molecule has 1 aliphatic rings. The Morgan fingerprint density at radius 2 is 2.04 bits per heavy atom. The summed E-state index contributed by atoms with van der Waals surface area (Å²) in [6.45, 7) is 4.82. The second-order valence-corrected chi connectivity index (χ2v) is 7.40. The van der Waals surface area contributed by atoms with Gasteiger partial charge in [0, 0.05) is 19.6 Å². The molecule has 3 aromatic rings. The number of nitrogens with one attached hydrogen (secondary N) is 1. The van der Waals surface area contributed by atoms with Crippen LogP contribution in [0.25, 0.3) is 11.0 Å². The molecule has 1 fully saturated rings. The lowest BCUT2D eigenvalue weighted by Crippen LogP contribution is -2.27. The van der Waals surface area contributed by atoms with Crippen LogP contribution in [0.3, 0.4) is 0 Å². The largest absolute Gasteiger partial charge is 0.356 e. The van der Waals surface area contributed by atoms with Crippen molar-refractivity contribution in [1.82, 2.24) is 34.7 Å². The van der Waals surface area contributed by atoms with Gasteiger partial charge >= 0.3 is 0 Å². The Hall–Kier alpha value is -2.62. The monoisotopic (exact) mass is 386 g/mol. The van der Waals surface area contributed by atoms with E-state index in [2.05, 4.69) is 34.9 Å². The summed E-state index contributed by atoms with van der Waals surface area (Å²) in [5.41, 5.74) is 1.45. The number of fused-ring (bicyclic) bond motifs is 1. The van der Waals surface area contributed by atoms with Gasteiger partial charge in [0.1, 0.15) is 17.0 Å². The van der Waals surface area contributed by atoms with E-state index >= 15 is 0 Å². The molecule has 10 heteroatoms. The Morgan fingerprint density at radius 1 is 1.22 bits per heavy atom. The summed E-state index contributed by atoms with van der Waals surface area (Å²) in [5.74, 6) is 0.808. The van der Waals surface area contributed by atoms with Gasteiger partial charge in [-0.3, -0.25) is 4.79 Å². The summed E-state index contributed by atoms with van der Waals surface area (Å²) in [6.07, 6.45) is 8.37. The van der Waals surface area contributed by atoms with Crippen molar-refractivity contribution in [1.29, 1.82) is 0 Å². The molecule has 0 aromatic carbocycles. The van der Waals surface area contributed by atoms with Crippen LogP contribution in [0.4, 0.5) is 5.82 Å². The van der Waals surface area contributed by atoms with Gasteiger partial charge in [-0.15, -0.1) is 5.10 Å². The van der Waals surface area contributed by atoms with Crippen molar-refractivity contribution in [3.63, 3.8) is 0 Å². The second kappa shape index (κ2) is 7.95. The van der Waals surface area contributed by atoms with Gasteiger partial charge in [0.05, 0.1) is 23.8 Å². The minimum absolute atomic E-state index is 0.154. The van der Waals surface area contributed by atoms with Crippen LogP contribution in [0.2, 0.25) is 0 Å². The van der Waals surface area contributed by atoms with Crippen LogP contribution >= 0.6 is 11.5 Å². The maximum atomic E-state index is 12.2. The van der Waals surface area contributed by atoms with Gasteiger partial charge < -0.3 is 10.2 Å². The first-order valence-electron chi connectivity index (χ1n) is 9.22. The minimum atomic E-state index is -0.154. The lowest BCUT2D eigenvalue weighted by Gasteiger charge is -2.21. The second-order valence-electron chi connectivity index (χ2n) is 6.65. The lowest BCUT2D eigenvalue weighted by molar-refractivity contribution is 0.0955. The van der Waals surface area contributed by atoms with Crippen LogP contribution in [0.1, 0.15) is 41.0 Å². The maximum Gasteiger partial charge on any atom is 0.265 e. The van der Waals surface area contributed by atoms with Crippen LogP contribution in [-0.2, 0) is 6.54 Å². The first-order chi connectivity index (χ1) is 13.2. The third-order valence-electron chi connectivity index (χ3n) is 4.79. The molecule has 4 rings (SSSR count). The molecule has 3 aromatic heterocycles. The molecule has 27 heavy (non-hydrogen) atoms. The first kappa shape index (κ1) is 17.8. The summed E-state index contributed by atoms with van der Waals surface area (Å²) in [4.78, 5) is 24.0. The molecule has 1 amide bonds. The lowest BCUT2D eigenvalue weighted by atomic mass is 10.2. The highest BCUT2D eigenvalue weighted by molar-refractivity contribution is 7.07. The van der Waals surface area contributed by atoms with Crippen LogP contribution in [0, 0.1) is 6.92 Å². The van der Waals surface area contributed by atoms with Gasteiger partial charge in [-0.1, -0.05) is 17.3 Å². The molecular formula is C17H22N8OS. The number of rotatable bonds is 5. The zero-order valence-corrected chi connectivity index (χ0v) is 16.1. The average Bonchev–Trinajstić information content (AvgIpc) is 3.19. The SMILES string of the molecule is Cc1nnsc1C(=O)NCCn1ncc2c(N3CCCCCC3)ncnc21. The fraction of sp³-hybridized carbons (Fsp3) is 0.529. The van der Waals surface area contributed by atoms with Gasteiger partial charge in [-0.05, 0) is 31.3 Å². The maximum absolute atomic E-state index is 12.2. The number of carbonyl (C=O) groups excluding carboxylic acids is 1. The van der Waals surface area contributed by atoms with Crippen molar-refractivity contribution < 1.29 is 4.79 Å². The van der Waals surface area contributed by atoms with Gasteiger partial charge in [-0.2, -0.15) is 5.10 Å². The highest BCUT2D eigenvalue weighted by atomic mass is 32.1. The highest BCUT2D eigenvalue weighted by Crippen LogP contribution is 2.25. The summed E-state index contributed by atoms with van der Waals surface area (Å²) in [7, 11) is 0. The predicted molar refractivity (Wildman–Crippen MR) is 103 cm³/mol. The van der Waals surface area contributed by atoms with Crippen molar-refractivity contribution >= 4 is 34.3 Å². The third kappa shape index (κ3) is 3.75. The Balaban J connectivity index is 1.46. The first-order valence-corrected chi connectivity index (χ1v) is 10.00. The zero-order chi connectivity index (χ0) is 18.6. The molecule has 1 N–H and O–H groups in total. The van der Waals surface area contributed by atoms with E-state index < -0.39 is 0 Å². The Labute approximate surface area is 161 Å². The van der Waals surface area contributed by atoms with Crippen molar-refractivity contribution in [3.8, 4) is 0 Å². The van der Waals surface area contributed by atoms with E-state index in [-0.39, 0.29) is 5.91 Å². The highest BCUT2D eigenvalue weighted by Gasteiger charge is 2.17. The van der Waals surface area contributed by atoms with E-state index in [9.17, 15) is 4.79 Å². The van der Waals surface area contributed by atoms with E-state index in [1.165, 1.54) is 25.7 Å². The number of aryl methyl sites for hydroxylation is 1. The molecule has 0 radical (unpaired) electrons. The number of hydrogen-bond donors (Lipinski definition) is 1. The Bertz CT molecular complexity index is 928. The van der Waals surface area contributed by atoms with E-state index in [1.54, 1.807) is 13.3 Å². The number of nitrogens with zero attached hydrogens (tertiary/aromatic N) is 7. The van der Waals surface area contributed by atoms with E-state index in [4.69, 9.17) is 0 Å².